The second kappa shape index (κ2) is 6.41. The van der Waals surface area contributed by atoms with E-state index in [1.807, 2.05) is 11.3 Å². The summed E-state index contributed by atoms with van der Waals surface area (Å²) in [5.74, 6) is 0.786. The molecule has 0 aromatic carbocycles. The number of hydrogen-bond donors (Lipinski definition) is 1. The Hall–Kier alpha value is -0.540. The molecule has 1 amide bonds. The third-order valence-corrected chi connectivity index (χ3v) is 4.55. The number of amides is 1. The topological polar surface area (TPSA) is 29.1 Å². The van der Waals surface area contributed by atoms with Crippen LogP contribution in [0.5, 0.6) is 0 Å². The lowest BCUT2D eigenvalue weighted by Crippen LogP contribution is -2.21. The van der Waals surface area contributed by atoms with Crippen LogP contribution in [0.3, 0.4) is 0 Å². The molecule has 2 rings (SSSR count). The molecule has 0 saturated heterocycles. The number of carbonyl (C=O) groups excluding carboxylic acids is 1. The van der Waals surface area contributed by atoms with E-state index in [0.717, 1.165) is 12.8 Å². The molecular formula is C13H18ClNOS. The van der Waals surface area contributed by atoms with Crippen molar-refractivity contribution in [1.82, 2.24) is 5.32 Å². The lowest BCUT2D eigenvalue weighted by atomic mass is 10.2. The fraction of sp³-hybridized carbons (Fsp3) is 0.615. The molecule has 1 aliphatic rings. The Morgan fingerprint density at radius 3 is 3.06 bits per heavy atom. The fourth-order valence-corrected chi connectivity index (χ4v) is 3.52. The molecule has 0 bridgehead atoms. The highest BCUT2D eigenvalue weighted by atomic mass is 35.5. The van der Waals surface area contributed by atoms with Crippen molar-refractivity contribution in [1.29, 1.82) is 0 Å². The number of unbranched alkanes of at least 4 members (excludes halogenated alkanes) is 1. The Labute approximate surface area is 111 Å². The first-order valence-electron chi connectivity index (χ1n) is 6.22. The van der Waals surface area contributed by atoms with Gasteiger partial charge in [-0.15, -0.1) is 22.9 Å². The Bertz CT molecular complexity index is 367. The highest BCUT2D eigenvalue weighted by molar-refractivity contribution is 7.12. The second-order valence-electron chi connectivity index (χ2n) is 4.44. The van der Waals surface area contributed by atoms with Gasteiger partial charge in [-0.1, -0.05) is 0 Å². The summed E-state index contributed by atoms with van der Waals surface area (Å²) in [5, 5.41) is 2.97. The minimum atomic E-state index is 0.142. The summed E-state index contributed by atoms with van der Waals surface area (Å²) < 4.78 is 0. The SMILES string of the molecule is O=C(CCCCCl)NCc1cc2c(s1)CCC2. The number of fused-ring (bicyclic) bond motifs is 1. The minimum absolute atomic E-state index is 0.142. The molecule has 0 fully saturated rings. The van der Waals surface area contributed by atoms with Crippen molar-refractivity contribution in [2.24, 2.45) is 0 Å². The Morgan fingerprint density at radius 1 is 1.41 bits per heavy atom. The average molecular weight is 272 g/mol. The molecule has 4 heteroatoms. The van der Waals surface area contributed by atoms with Crippen LogP contribution in [0.4, 0.5) is 0 Å². The smallest absolute Gasteiger partial charge is 0.220 e. The number of thiophene rings is 1. The number of aryl methyl sites for hydroxylation is 2. The van der Waals surface area contributed by atoms with Gasteiger partial charge in [0.1, 0.15) is 0 Å². The summed E-state index contributed by atoms with van der Waals surface area (Å²) in [5.41, 5.74) is 1.50. The summed E-state index contributed by atoms with van der Waals surface area (Å²) in [6.45, 7) is 0.692. The first kappa shape index (κ1) is 12.9. The second-order valence-corrected chi connectivity index (χ2v) is 6.04. The molecule has 1 aromatic rings. The van der Waals surface area contributed by atoms with Crippen LogP contribution in [0.25, 0.3) is 0 Å². The van der Waals surface area contributed by atoms with E-state index in [1.54, 1.807) is 0 Å². The van der Waals surface area contributed by atoms with E-state index in [1.165, 1.54) is 34.6 Å². The first-order valence-corrected chi connectivity index (χ1v) is 7.58. The predicted molar refractivity (Wildman–Crippen MR) is 72.8 cm³/mol. The van der Waals surface area contributed by atoms with Crippen molar-refractivity contribution in [3.05, 3.63) is 21.4 Å². The molecule has 1 heterocycles. The van der Waals surface area contributed by atoms with Gasteiger partial charge >= 0.3 is 0 Å². The van der Waals surface area contributed by atoms with Gasteiger partial charge in [0.05, 0.1) is 6.54 Å². The van der Waals surface area contributed by atoms with E-state index >= 15 is 0 Å². The third kappa shape index (κ3) is 3.71. The van der Waals surface area contributed by atoms with Crippen molar-refractivity contribution < 1.29 is 4.79 Å². The van der Waals surface area contributed by atoms with Crippen LogP contribution in [-0.4, -0.2) is 11.8 Å². The number of alkyl halides is 1. The van der Waals surface area contributed by atoms with Crippen LogP contribution in [0.1, 0.15) is 41.0 Å². The van der Waals surface area contributed by atoms with Gasteiger partial charge in [-0.3, -0.25) is 4.79 Å². The molecule has 0 saturated carbocycles. The largest absolute Gasteiger partial charge is 0.351 e. The van der Waals surface area contributed by atoms with E-state index in [4.69, 9.17) is 11.6 Å². The summed E-state index contributed by atoms with van der Waals surface area (Å²) >= 11 is 7.43. The van der Waals surface area contributed by atoms with Gasteiger partial charge in [-0.2, -0.15) is 0 Å². The Kier molecular flexibility index (Phi) is 4.86. The zero-order valence-electron chi connectivity index (χ0n) is 9.93. The van der Waals surface area contributed by atoms with Crippen molar-refractivity contribution >= 4 is 28.8 Å². The number of nitrogens with one attached hydrogen (secondary N) is 1. The quantitative estimate of drug-likeness (QED) is 0.624. The van der Waals surface area contributed by atoms with Crippen molar-refractivity contribution in [3.63, 3.8) is 0 Å². The number of carbonyl (C=O) groups is 1. The van der Waals surface area contributed by atoms with E-state index < -0.39 is 0 Å². The monoisotopic (exact) mass is 271 g/mol. The van der Waals surface area contributed by atoms with Crippen LogP contribution in [-0.2, 0) is 24.2 Å². The molecule has 2 nitrogen and oxygen atoms in total. The normalized spacial score (nSPS) is 13.7. The number of rotatable bonds is 6. The zero-order chi connectivity index (χ0) is 12.1. The highest BCUT2D eigenvalue weighted by Crippen LogP contribution is 2.30. The van der Waals surface area contributed by atoms with Crippen LogP contribution in [0.2, 0.25) is 0 Å². The van der Waals surface area contributed by atoms with E-state index in [0.29, 0.717) is 18.8 Å². The van der Waals surface area contributed by atoms with Crippen molar-refractivity contribution in [2.45, 2.75) is 45.1 Å². The van der Waals surface area contributed by atoms with Crippen LogP contribution in [0, 0.1) is 0 Å². The molecule has 0 aliphatic heterocycles. The maximum absolute atomic E-state index is 11.5. The Balaban J connectivity index is 1.72. The van der Waals surface area contributed by atoms with Crippen molar-refractivity contribution in [2.75, 3.05) is 5.88 Å². The summed E-state index contributed by atoms with van der Waals surface area (Å²) in [6, 6.07) is 2.26. The van der Waals surface area contributed by atoms with E-state index in [-0.39, 0.29) is 5.91 Å². The molecule has 1 aliphatic carbocycles. The Morgan fingerprint density at radius 2 is 2.29 bits per heavy atom. The van der Waals surface area contributed by atoms with Crippen LogP contribution >= 0.6 is 22.9 Å². The molecular weight excluding hydrogens is 254 g/mol. The molecule has 1 aromatic heterocycles. The molecule has 0 radical (unpaired) electrons. The van der Waals surface area contributed by atoms with Crippen molar-refractivity contribution in [3.8, 4) is 0 Å². The average Bonchev–Trinajstić information content (AvgIpc) is 2.86. The minimum Gasteiger partial charge on any atom is -0.351 e. The summed E-state index contributed by atoms with van der Waals surface area (Å²) in [7, 11) is 0. The maximum Gasteiger partial charge on any atom is 0.220 e. The van der Waals surface area contributed by atoms with Gasteiger partial charge in [0.2, 0.25) is 5.91 Å². The molecule has 17 heavy (non-hydrogen) atoms. The van der Waals surface area contributed by atoms with Gasteiger partial charge in [-0.05, 0) is 43.7 Å². The van der Waals surface area contributed by atoms with Gasteiger partial charge in [0, 0.05) is 22.1 Å². The third-order valence-electron chi connectivity index (χ3n) is 3.04. The summed E-state index contributed by atoms with van der Waals surface area (Å²) in [4.78, 5) is 14.3. The molecule has 1 N–H and O–H groups in total. The van der Waals surface area contributed by atoms with E-state index in [9.17, 15) is 4.79 Å². The fourth-order valence-electron chi connectivity index (χ4n) is 2.13. The molecule has 0 atom stereocenters. The summed E-state index contributed by atoms with van der Waals surface area (Å²) in [6.07, 6.45) is 6.14. The highest BCUT2D eigenvalue weighted by Gasteiger charge is 2.14. The maximum atomic E-state index is 11.5. The predicted octanol–water partition coefficient (Wildman–Crippen LogP) is 3.26. The van der Waals surface area contributed by atoms with Gasteiger partial charge in [0.15, 0.2) is 0 Å². The molecule has 94 valence electrons. The number of hydrogen-bond acceptors (Lipinski definition) is 2. The zero-order valence-corrected chi connectivity index (χ0v) is 11.5. The van der Waals surface area contributed by atoms with Crippen LogP contribution < -0.4 is 5.32 Å². The first-order chi connectivity index (χ1) is 8.29. The molecule has 0 spiro atoms. The van der Waals surface area contributed by atoms with Gasteiger partial charge in [-0.25, -0.2) is 0 Å². The van der Waals surface area contributed by atoms with Crippen LogP contribution in [0.15, 0.2) is 6.07 Å². The standard InChI is InChI=1S/C13H18ClNOS/c14-7-2-1-6-13(16)15-9-11-8-10-4-3-5-12(10)17-11/h8H,1-7,9H2,(H,15,16). The van der Waals surface area contributed by atoms with Gasteiger partial charge in [0.25, 0.3) is 0 Å². The lowest BCUT2D eigenvalue weighted by Gasteiger charge is -2.02. The van der Waals surface area contributed by atoms with E-state index in [2.05, 4.69) is 11.4 Å². The van der Waals surface area contributed by atoms with Gasteiger partial charge < -0.3 is 5.32 Å². The number of halogens is 1. The lowest BCUT2D eigenvalue weighted by molar-refractivity contribution is -0.121. The molecule has 0 unspecified atom stereocenters.